The molecule has 8 heteroatoms. The number of furan rings is 1. The fourth-order valence-electron chi connectivity index (χ4n) is 2.15. The summed E-state index contributed by atoms with van der Waals surface area (Å²) in [5, 5.41) is 0. The van der Waals surface area contributed by atoms with E-state index in [-0.39, 0.29) is 11.7 Å². The van der Waals surface area contributed by atoms with Gasteiger partial charge in [0.15, 0.2) is 10.4 Å². The molecule has 1 fully saturated rings. The van der Waals surface area contributed by atoms with E-state index in [0.29, 0.717) is 36.6 Å². The summed E-state index contributed by atoms with van der Waals surface area (Å²) >= 11 is 3.20. The van der Waals surface area contributed by atoms with E-state index in [1.807, 2.05) is 0 Å². The highest BCUT2D eigenvalue weighted by Gasteiger charge is 2.29. The summed E-state index contributed by atoms with van der Waals surface area (Å²) in [5.74, 6) is 0.205. The summed E-state index contributed by atoms with van der Waals surface area (Å²) in [6.07, 6.45) is 0. The Morgan fingerprint density at radius 2 is 1.95 bits per heavy atom. The normalized spacial score (nSPS) is 17.4. The van der Waals surface area contributed by atoms with Crippen LogP contribution in [-0.4, -0.2) is 55.5 Å². The van der Waals surface area contributed by atoms with Crippen LogP contribution in [0.3, 0.4) is 0 Å². The molecule has 0 spiro atoms. The molecule has 6 nitrogen and oxygen atoms in total. The number of carbonyl (C=O) groups excluding carboxylic acids is 1. The SMILES string of the molecule is CCS(=O)(=O)N1CCN(C(=O)c2oc(Br)cc2C)CC1. The summed E-state index contributed by atoms with van der Waals surface area (Å²) < 4.78 is 30.8. The van der Waals surface area contributed by atoms with Gasteiger partial charge in [-0.05, 0) is 35.8 Å². The molecule has 112 valence electrons. The second-order valence-corrected chi connectivity index (χ2v) is 7.69. The maximum atomic E-state index is 12.3. The lowest BCUT2D eigenvalue weighted by Gasteiger charge is -2.33. The van der Waals surface area contributed by atoms with Crippen LogP contribution in [0.1, 0.15) is 23.0 Å². The topological polar surface area (TPSA) is 70.8 Å². The van der Waals surface area contributed by atoms with Crippen molar-refractivity contribution >= 4 is 31.9 Å². The Kier molecular flexibility index (Phi) is 4.55. The van der Waals surface area contributed by atoms with E-state index >= 15 is 0 Å². The van der Waals surface area contributed by atoms with E-state index in [2.05, 4.69) is 15.9 Å². The second kappa shape index (κ2) is 5.87. The second-order valence-electron chi connectivity index (χ2n) is 4.65. The number of amides is 1. The maximum absolute atomic E-state index is 12.3. The van der Waals surface area contributed by atoms with E-state index in [0.717, 1.165) is 5.56 Å². The molecule has 0 atom stereocenters. The Morgan fingerprint density at radius 3 is 2.40 bits per heavy atom. The molecule has 0 radical (unpaired) electrons. The third kappa shape index (κ3) is 3.07. The number of aryl methyl sites for hydroxylation is 1. The van der Waals surface area contributed by atoms with Gasteiger partial charge in [-0.2, -0.15) is 4.31 Å². The summed E-state index contributed by atoms with van der Waals surface area (Å²) in [6.45, 7) is 4.87. The van der Waals surface area contributed by atoms with Gasteiger partial charge in [0.1, 0.15) is 0 Å². The van der Waals surface area contributed by atoms with Crippen molar-refractivity contribution in [2.45, 2.75) is 13.8 Å². The highest BCUT2D eigenvalue weighted by atomic mass is 79.9. The first-order valence-corrected chi connectivity index (χ1v) is 8.78. The van der Waals surface area contributed by atoms with E-state index in [4.69, 9.17) is 4.42 Å². The van der Waals surface area contributed by atoms with Gasteiger partial charge in [-0.25, -0.2) is 8.42 Å². The standard InChI is InChI=1S/C12H17BrN2O4S/c1-3-20(17,18)15-6-4-14(5-7-15)12(16)11-9(2)8-10(13)19-11/h8H,3-7H2,1-2H3. The summed E-state index contributed by atoms with van der Waals surface area (Å²) in [5.41, 5.74) is 0.769. The highest BCUT2D eigenvalue weighted by Crippen LogP contribution is 2.21. The van der Waals surface area contributed by atoms with Crippen molar-refractivity contribution in [3.05, 3.63) is 22.1 Å². The Labute approximate surface area is 126 Å². The Morgan fingerprint density at radius 1 is 1.35 bits per heavy atom. The van der Waals surface area contributed by atoms with Crippen LogP contribution in [-0.2, 0) is 10.0 Å². The molecule has 2 rings (SSSR count). The quantitative estimate of drug-likeness (QED) is 0.813. The average molecular weight is 365 g/mol. The van der Waals surface area contributed by atoms with Crippen molar-refractivity contribution in [1.29, 1.82) is 0 Å². The van der Waals surface area contributed by atoms with Crippen LogP contribution < -0.4 is 0 Å². The highest BCUT2D eigenvalue weighted by molar-refractivity contribution is 9.10. The molecular weight excluding hydrogens is 348 g/mol. The number of hydrogen-bond donors (Lipinski definition) is 0. The van der Waals surface area contributed by atoms with Crippen LogP contribution in [0.25, 0.3) is 0 Å². The molecule has 20 heavy (non-hydrogen) atoms. The molecule has 0 aromatic carbocycles. The van der Waals surface area contributed by atoms with Crippen molar-refractivity contribution in [2.75, 3.05) is 31.9 Å². The molecule has 0 unspecified atom stereocenters. The van der Waals surface area contributed by atoms with Gasteiger partial charge in [-0.15, -0.1) is 0 Å². The lowest BCUT2D eigenvalue weighted by atomic mass is 10.2. The van der Waals surface area contributed by atoms with Crippen molar-refractivity contribution in [1.82, 2.24) is 9.21 Å². The molecule has 1 aromatic heterocycles. The fraction of sp³-hybridized carbons (Fsp3) is 0.583. The monoisotopic (exact) mass is 364 g/mol. The van der Waals surface area contributed by atoms with Crippen LogP contribution >= 0.6 is 15.9 Å². The van der Waals surface area contributed by atoms with Gasteiger partial charge in [-0.3, -0.25) is 4.79 Å². The summed E-state index contributed by atoms with van der Waals surface area (Å²) in [4.78, 5) is 13.9. The Balaban J connectivity index is 2.04. The third-order valence-corrected chi connectivity index (χ3v) is 5.64. The van der Waals surface area contributed by atoms with Gasteiger partial charge in [0.25, 0.3) is 5.91 Å². The maximum Gasteiger partial charge on any atom is 0.289 e. The molecule has 1 aromatic rings. The zero-order chi connectivity index (χ0) is 14.9. The van der Waals surface area contributed by atoms with Crippen LogP contribution in [0.15, 0.2) is 15.2 Å². The zero-order valence-corrected chi connectivity index (χ0v) is 13.8. The molecule has 2 heterocycles. The van der Waals surface area contributed by atoms with Crippen LogP contribution in [0.5, 0.6) is 0 Å². The van der Waals surface area contributed by atoms with E-state index < -0.39 is 10.0 Å². The first-order valence-electron chi connectivity index (χ1n) is 6.38. The van der Waals surface area contributed by atoms with E-state index in [9.17, 15) is 13.2 Å². The smallest absolute Gasteiger partial charge is 0.289 e. The first kappa shape index (κ1) is 15.5. The van der Waals surface area contributed by atoms with Gasteiger partial charge >= 0.3 is 0 Å². The van der Waals surface area contributed by atoms with Crippen LogP contribution in [0.2, 0.25) is 0 Å². The molecule has 1 aliphatic rings. The number of hydrogen-bond acceptors (Lipinski definition) is 4. The molecule has 1 amide bonds. The Bertz CT molecular complexity index is 603. The number of nitrogens with zero attached hydrogens (tertiary/aromatic N) is 2. The number of halogens is 1. The molecular formula is C12H17BrN2O4S. The van der Waals surface area contributed by atoms with Gasteiger partial charge < -0.3 is 9.32 Å². The van der Waals surface area contributed by atoms with Gasteiger partial charge in [0, 0.05) is 31.7 Å². The van der Waals surface area contributed by atoms with E-state index in [1.54, 1.807) is 24.8 Å². The number of piperazine rings is 1. The lowest BCUT2D eigenvalue weighted by Crippen LogP contribution is -2.50. The molecule has 0 aliphatic carbocycles. The molecule has 1 aliphatic heterocycles. The van der Waals surface area contributed by atoms with Gasteiger partial charge in [0.05, 0.1) is 5.75 Å². The number of sulfonamides is 1. The molecule has 0 saturated carbocycles. The van der Waals surface area contributed by atoms with Crippen molar-refractivity contribution in [2.24, 2.45) is 0 Å². The minimum atomic E-state index is -3.17. The molecule has 0 bridgehead atoms. The van der Waals surface area contributed by atoms with Crippen LogP contribution in [0.4, 0.5) is 0 Å². The third-order valence-electron chi connectivity index (χ3n) is 3.37. The van der Waals surface area contributed by atoms with Crippen molar-refractivity contribution < 1.29 is 17.6 Å². The van der Waals surface area contributed by atoms with Gasteiger partial charge in [-0.1, -0.05) is 0 Å². The zero-order valence-electron chi connectivity index (χ0n) is 11.4. The minimum Gasteiger partial charge on any atom is -0.444 e. The summed E-state index contributed by atoms with van der Waals surface area (Å²) in [6, 6.07) is 1.74. The lowest BCUT2D eigenvalue weighted by molar-refractivity contribution is 0.0663. The first-order chi connectivity index (χ1) is 9.35. The van der Waals surface area contributed by atoms with Crippen molar-refractivity contribution in [3.63, 3.8) is 0 Å². The predicted molar refractivity (Wildman–Crippen MR) is 78.1 cm³/mol. The largest absolute Gasteiger partial charge is 0.444 e. The number of rotatable bonds is 3. The molecule has 0 N–H and O–H groups in total. The van der Waals surface area contributed by atoms with Crippen LogP contribution in [0, 0.1) is 6.92 Å². The fourth-order valence-corrected chi connectivity index (χ4v) is 3.74. The van der Waals surface area contributed by atoms with Gasteiger partial charge in [0.2, 0.25) is 10.0 Å². The average Bonchev–Trinajstić information content (AvgIpc) is 2.77. The minimum absolute atomic E-state index is 0.0885. The molecule has 1 saturated heterocycles. The van der Waals surface area contributed by atoms with E-state index in [1.165, 1.54) is 4.31 Å². The summed E-state index contributed by atoms with van der Waals surface area (Å²) in [7, 11) is -3.17. The number of carbonyl (C=O) groups is 1. The predicted octanol–water partition coefficient (Wildman–Crippen LogP) is 1.46. The van der Waals surface area contributed by atoms with Crippen molar-refractivity contribution in [3.8, 4) is 0 Å². The Hall–Kier alpha value is -0.860.